The summed E-state index contributed by atoms with van der Waals surface area (Å²) in [6.45, 7) is 0. The first-order chi connectivity index (χ1) is 8.24. The van der Waals surface area contributed by atoms with Gasteiger partial charge in [0.1, 0.15) is 0 Å². The van der Waals surface area contributed by atoms with Crippen LogP contribution < -0.4 is 4.90 Å². The number of nitriles is 1. The highest BCUT2D eigenvalue weighted by molar-refractivity contribution is 7.17. The minimum atomic E-state index is 0.641. The zero-order chi connectivity index (χ0) is 12.3. The van der Waals surface area contributed by atoms with Crippen molar-refractivity contribution in [1.82, 2.24) is 0 Å². The van der Waals surface area contributed by atoms with Gasteiger partial charge in [-0.3, -0.25) is 4.79 Å². The van der Waals surface area contributed by atoms with Gasteiger partial charge in [-0.05, 0) is 36.4 Å². The molecule has 1 aromatic heterocycles. The van der Waals surface area contributed by atoms with Gasteiger partial charge in [0.2, 0.25) is 0 Å². The maximum atomic E-state index is 10.6. The Labute approximate surface area is 104 Å². The molecule has 1 aromatic carbocycles. The first kappa shape index (κ1) is 11.4. The number of rotatable bonds is 3. The number of carbonyl (C=O) groups excluding carboxylic acids is 1. The summed E-state index contributed by atoms with van der Waals surface area (Å²) in [6, 6.07) is 13.1. The van der Waals surface area contributed by atoms with E-state index in [1.54, 1.807) is 18.2 Å². The summed E-state index contributed by atoms with van der Waals surface area (Å²) in [4.78, 5) is 13.3. The standard InChI is InChI=1S/C13H10N2OS/c1-15(13-7-6-12(9-16)17-13)11-4-2-10(8-14)3-5-11/h2-7,9H,1H3. The Balaban J connectivity index is 2.27. The van der Waals surface area contributed by atoms with E-state index < -0.39 is 0 Å². The van der Waals surface area contributed by atoms with E-state index in [1.807, 2.05) is 30.1 Å². The van der Waals surface area contributed by atoms with Gasteiger partial charge in [0.15, 0.2) is 6.29 Å². The fourth-order valence-corrected chi connectivity index (χ4v) is 2.28. The SMILES string of the molecule is CN(c1ccc(C#N)cc1)c1ccc(C=O)s1. The molecule has 0 aliphatic rings. The first-order valence-corrected chi connectivity index (χ1v) is 5.85. The molecule has 4 heteroatoms. The minimum Gasteiger partial charge on any atom is -0.336 e. The second-order valence-electron chi connectivity index (χ2n) is 3.51. The number of benzene rings is 1. The summed E-state index contributed by atoms with van der Waals surface area (Å²) < 4.78 is 0. The molecule has 0 saturated carbocycles. The quantitative estimate of drug-likeness (QED) is 0.776. The van der Waals surface area contributed by atoms with Crippen LogP contribution in [0.4, 0.5) is 10.7 Å². The van der Waals surface area contributed by atoms with E-state index in [0.717, 1.165) is 17.0 Å². The number of anilines is 2. The van der Waals surface area contributed by atoms with Crippen molar-refractivity contribution in [3.8, 4) is 6.07 Å². The Morgan fingerprint density at radius 1 is 1.24 bits per heavy atom. The van der Waals surface area contributed by atoms with Crippen LogP contribution in [0.2, 0.25) is 0 Å². The summed E-state index contributed by atoms with van der Waals surface area (Å²) in [5, 5.41) is 9.72. The molecule has 0 bridgehead atoms. The van der Waals surface area contributed by atoms with Crippen LogP contribution in [-0.4, -0.2) is 13.3 Å². The van der Waals surface area contributed by atoms with Crippen LogP contribution >= 0.6 is 11.3 Å². The average molecular weight is 242 g/mol. The molecular weight excluding hydrogens is 232 g/mol. The Morgan fingerprint density at radius 2 is 1.94 bits per heavy atom. The molecule has 17 heavy (non-hydrogen) atoms. The molecule has 3 nitrogen and oxygen atoms in total. The van der Waals surface area contributed by atoms with Gasteiger partial charge in [0.25, 0.3) is 0 Å². The number of hydrogen-bond donors (Lipinski definition) is 0. The lowest BCUT2D eigenvalue weighted by molar-refractivity contribution is 0.112. The number of hydrogen-bond acceptors (Lipinski definition) is 4. The van der Waals surface area contributed by atoms with Crippen molar-refractivity contribution in [3.05, 3.63) is 46.8 Å². The highest BCUT2D eigenvalue weighted by atomic mass is 32.1. The zero-order valence-corrected chi connectivity index (χ0v) is 10.1. The molecule has 0 atom stereocenters. The van der Waals surface area contributed by atoms with Gasteiger partial charge in [-0.2, -0.15) is 5.26 Å². The molecule has 0 saturated heterocycles. The maximum absolute atomic E-state index is 10.6. The molecule has 0 N–H and O–H groups in total. The van der Waals surface area contributed by atoms with E-state index in [2.05, 4.69) is 6.07 Å². The van der Waals surface area contributed by atoms with Crippen molar-refractivity contribution in [1.29, 1.82) is 5.26 Å². The van der Waals surface area contributed by atoms with Crippen molar-refractivity contribution in [2.45, 2.75) is 0 Å². The predicted octanol–water partition coefficient (Wildman–Crippen LogP) is 3.20. The lowest BCUT2D eigenvalue weighted by atomic mass is 10.2. The smallest absolute Gasteiger partial charge is 0.160 e. The third-order valence-electron chi connectivity index (χ3n) is 2.44. The van der Waals surface area contributed by atoms with Crippen LogP contribution in [0.5, 0.6) is 0 Å². The van der Waals surface area contributed by atoms with Crippen molar-refractivity contribution in [2.75, 3.05) is 11.9 Å². The first-order valence-electron chi connectivity index (χ1n) is 5.03. The molecular formula is C13H10N2OS. The van der Waals surface area contributed by atoms with Crippen molar-refractivity contribution < 1.29 is 4.79 Å². The van der Waals surface area contributed by atoms with Gasteiger partial charge in [-0.15, -0.1) is 11.3 Å². The molecule has 0 aliphatic carbocycles. The summed E-state index contributed by atoms with van der Waals surface area (Å²) in [5.74, 6) is 0. The molecule has 0 spiro atoms. The average Bonchev–Trinajstić information content (AvgIpc) is 2.87. The van der Waals surface area contributed by atoms with Gasteiger partial charge in [-0.25, -0.2) is 0 Å². The number of aldehydes is 1. The predicted molar refractivity (Wildman–Crippen MR) is 68.9 cm³/mol. The van der Waals surface area contributed by atoms with Crippen LogP contribution in [-0.2, 0) is 0 Å². The highest BCUT2D eigenvalue weighted by Crippen LogP contribution is 2.29. The number of nitrogens with zero attached hydrogens (tertiary/aromatic N) is 2. The third kappa shape index (κ3) is 2.35. The molecule has 0 aliphatic heterocycles. The fourth-order valence-electron chi connectivity index (χ4n) is 1.47. The lowest BCUT2D eigenvalue weighted by Gasteiger charge is -2.16. The molecule has 84 valence electrons. The van der Waals surface area contributed by atoms with Crippen molar-refractivity contribution in [2.24, 2.45) is 0 Å². The van der Waals surface area contributed by atoms with E-state index in [4.69, 9.17) is 5.26 Å². The van der Waals surface area contributed by atoms with E-state index in [1.165, 1.54) is 11.3 Å². The van der Waals surface area contributed by atoms with Crippen LogP contribution in [0.25, 0.3) is 0 Å². The molecule has 0 amide bonds. The van der Waals surface area contributed by atoms with Crippen LogP contribution in [0, 0.1) is 11.3 Å². The Morgan fingerprint density at radius 3 is 2.47 bits per heavy atom. The second kappa shape index (κ2) is 4.81. The topological polar surface area (TPSA) is 44.1 Å². The Kier molecular flexibility index (Phi) is 3.22. The summed E-state index contributed by atoms with van der Waals surface area (Å²) in [5.41, 5.74) is 1.63. The van der Waals surface area contributed by atoms with E-state index in [0.29, 0.717) is 10.4 Å². The van der Waals surface area contributed by atoms with Gasteiger partial charge in [-0.1, -0.05) is 0 Å². The van der Waals surface area contributed by atoms with Gasteiger partial charge >= 0.3 is 0 Å². The highest BCUT2D eigenvalue weighted by Gasteiger charge is 2.06. The summed E-state index contributed by atoms with van der Waals surface area (Å²) in [6.07, 6.45) is 0.848. The number of thiophene rings is 1. The van der Waals surface area contributed by atoms with E-state index >= 15 is 0 Å². The van der Waals surface area contributed by atoms with Crippen molar-refractivity contribution >= 4 is 28.3 Å². The van der Waals surface area contributed by atoms with Crippen molar-refractivity contribution in [3.63, 3.8) is 0 Å². The zero-order valence-electron chi connectivity index (χ0n) is 9.25. The third-order valence-corrected chi connectivity index (χ3v) is 3.53. The molecule has 0 radical (unpaired) electrons. The largest absolute Gasteiger partial charge is 0.336 e. The number of carbonyl (C=O) groups is 1. The molecule has 2 rings (SSSR count). The van der Waals surface area contributed by atoms with Gasteiger partial charge in [0, 0.05) is 12.7 Å². The lowest BCUT2D eigenvalue weighted by Crippen LogP contribution is -2.07. The van der Waals surface area contributed by atoms with E-state index in [-0.39, 0.29) is 0 Å². The molecule has 0 fully saturated rings. The minimum absolute atomic E-state index is 0.641. The van der Waals surface area contributed by atoms with E-state index in [9.17, 15) is 4.79 Å². The maximum Gasteiger partial charge on any atom is 0.160 e. The normalized spacial score (nSPS) is 9.65. The second-order valence-corrected chi connectivity index (χ2v) is 4.61. The van der Waals surface area contributed by atoms with Crippen LogP contribution in [0.3, 0.4) is 0 Å². The van der Waals surface area contributed by atoms with Crippen LogP contribution in [0.1, 0.15) is 15.2 Å². The van der Waals surface area contributed by atoms with Crippen LogP contribution in [0.15, 0.2) is 36.4 Å². The fraction of sp³-hybridized carbons (Fsp3) is 0.0769. The van der Waals surface area contributed by atoms with Gasteiger partial charge < -0.3 is 4.90 Å². The molecule has 0 unspecified atom stereocenters. The summed E-state index contributed by atoms with van der Waals surface area (Å²) in [7, 11) is 1.93. The Hall–Kier alpha value is -2.12. The molecule has 2 aromatic rings. The van der Waals surface area contributed by atoms with Gasteiger partial charge in [0.05, 0.1) is 21.5 Å². The monoisotopic (exact) mass is 242 g/mol. The molecule has 1 heterocycles. The Bertz CT molecular complexity index is 566. The summed E-state index contributed by atoms with van der Waals surface area (Å²) >= 11 is 1.44.